The van der Waals surface area contributed by atoms with E-state index in [0.29, 0.717) is 11.0 Å². The Morgan fingerprint density at radius 1 is 1.28 bits per heavy atom. The highest BCUT2D eigenvalue weighted by Gasteiger charge is 2.21. The van der Waals surface area contributed by atoms with Crippen molar-refractivity contribution in [1.82, 2.24) is 9.13 Å². The molecule has 0 aliphatic carbocycles. The van der Waals surface area contributed by atoms with Crippen molar-refractivity contribution in [3.8, 4) is 0 Å². The van der Waals surface area contributed by atoms with Gasteiger partial charge in [-0.05, 0) is 13.0 Å². The summed E-state index contributed by atoms with van der Waals surface area (Å²) in [5.41, 5.74) is 0.789. The summed E-state index contributed by atoms with van der Waals surface area (Å²) < 4.78 is 2.74. The van der Waals surface area contributed by atoms with E-state index in [1.165, 1.54) is 28.2 Å². The average Bonchev–Trinajstić information content (AvgIpc) is 2.53. The van der Waals surface area contributed by atoms with E-state index in [1.807, 2.05) is 0 Å². The fourth-order valence-corrected chi connectivity index (χ4v) is 2.04. The molecule has 1 atom stereocenters. The highest BCUT2D eigenvalue weighted by atomic mass is 16.6. The Balaban J connectivity index is 2.94. The number of imidazole rings is 1. The van der Waals surface area contributed by atoms with Crippen molar-refractivity contribution < 1.29 is 10.0 Å². The zero-order chi connectivity index (χ0) is 13.6. The molecule has 7 nitrogen and oxygen atoms in total. The molecule has 0 amide bonds. The molecule has 0 aliphatic rings. The van der Waals surface area contributed by atoms with Gasteiger partial charge in [0.15, 0.2) is 0 Å². The van der Waals surface area contributed by atoms with Crippen LogP contribution in [0.5, 0.6) is 0 Å². The molecule has 18 heavy (non-hydrogen) atoms. The van der Waals surface area contributed by atoms with Crippen LogP contribution >= 0.6 is 0 Å². The molecule has 0 spiro atoms. The maximum absolute atomic E-state index is 11.7. The second kappa shape index (κ2) is 3.95. The number of nitrogens with zero attached hydrogens (tertiary/aromatic N) is 3. The van der Waals surface area contributed by atoms with Crippen LogP contribution < -0.4 is 5.69 Å². The van der Waals surface area contributed by atoms with E-state index in [0.717, 1.165) is 0 Å². The number of aliphatic hydroxyl groups excluding tert-OH is 1. The van der Waals surface area contributed by atoms with Crippen molar-refractivity contribution in [2.24, 2.45) is 14.1 Å². The third-order valence-corrected chi connectivity index (χ3v) is 3.07. The first-order valence-electron chi connectivity index (χ1n) is 5.36. The van der Waals surface area contributed by atoms with E-state index < -0.39 is 11.0 Å². The van der Waals surface area contributed by atoms with Crippen LogP contribution in [0.3, 0.4) is 0 Å². The number of rotatable bonds is 2. The quantitative estimate of drug-likeness (QED) is 0.632. The van der Waals surface area contributed by atoms with Gasteiger partial charge in [0.05, 0.1) is 27.6 Å². The molecule has 0 radical (unpaired) electrons. The zero-order valence-electron chi connectivity index (χ0n) is 10.2. The molecular formula is C11H13N3O4. The van der Waals surface area contributed by atoms with Crippen molar-refractivity contribution in [3.63, 3.8) is 0 Å². The van der Waals surface area contributed by atoms with Gasteiger partial charge in [-0.1, -0.05) is 0 Å². The van der Waals surface area contributed by atoms with Gasteiger partial charge in [0, 0.05) is 20.2 Å². The summed E-state index contributed by atoms with van der Waals surface area (Å²) in [6.07, 6.45) is -0.967. The summed E-state index contributed by atoms with van der Waals surface area (Å²) in [5, 5.41) is 20.6. The average molecular weight is 251 g/mol. The first-order valence-corrected chi connectivity index (χ1v) is 5.36. The molecule has 2 aromatic rings. The van der Waals surface area contributed by atoms with Gasteiger partial charge in [0.25, 0.3) is 5.69 Å². The highest BCUT2D eigenvalue weighted by molar-refractivity contribution is 5.80. The largest absolute Gasteiger partial charge is 0.388 e. The minimum Gasteiger partial charge on any atom is -0.388 e. The van der Waals surface area contributed by atoms with E-state index >= 15 is 0 Å². The van der Waals surface area contributed by atoms with Gasteiger partial charge in [-0.2, -0.15) is 0 Å². The van der Waals surface area contributed by atoms with Crippen molar-refractivity contribution in [2.75, 3.05) is 0 Å². The van der Waals surface area contributed by atoms with Crippen LogP contribution in [0.4, 0.5) is 5.69 Å². The summed E-state index contributed by atoms with van der Waals surface area (Å²) in [5.74, 6) is 0. The van der Waals surface area contributed by atoms with Crippen molar-refractivity contribution in [1.29, 1.82) is 0 Å². The number of aromatic nitrogens is 2. The summed E-state index contributed by atoms with van der Waals surface area (Å²) in [7, 11) is 3.14. The predicted octanol–water partition coefficient (Wildman–Crippen LogP) is 0.838. The third kappa shape index (κ3) is 1.60. The third-order valence-electron chi connectivity index (χ3n) is 3.07. The zero-order valence-corrected chi connectivity index (χ0v) is 10.2. The van der Waals surface area contributed by atoms with Crippen LogP contribution in [0, 0.1) is 10.1 Å². The Morgan fingerprint density at radius 3 is 2.22 bits per heavy atom. The topological polar surface area (TPSA) is 90.3 Å². The summed E-state index contributed by atoms with van der Waals surface area (Å²) in [6, 6.07) is 2.80. The molecule has 96 valence electrons. The maximum Gasteiger partial charge on any atom is 0.328 e. The van der Waals surface area contributed by atoms with E-state index in [4.69, 9.17) is 0 Å². The minimum atomic E-state index is -0.967. The van der Waals surface area contributed by atoms with Crippen LogP contribution in [-0.4, -0.2) is 19.2 Å². The van der Waals surface area contributed by atoms with Crippen molar-refractivity contribution >= 4 is 16.7 Å². The molecular weight excluding hydrogens is 238 g/mol. The first-order chi connectivity index (χ1) is 8.34. The Hall–Kier alpha value is -2.15. The fourth-order valence-electron chi connectivity index (χ4n) is 2.04. The van der Waals surface area contributed by atoms with Gasteiger partial charge >= 0.3 is 5.69 Å². The van der Waals surface area contributed by atoms with Crippen LogP contribution in [0.1, 0.15) is 18.6 Å². The van der Waals surface area contributed by atoms with E-state index in [1.54, 1.807) is 14.1 Å². The second-order valence-electron chi connectivity index (χ2n) is 4.23. The van der Waals surface area contributed by atoms with Crippen molar-refractivity contribution in [2.45, 2.75) is 13.0 Å². The van der Waals surface area contributed by atoms with E-state index in [9.17, 15) is 20.0 Å². The first kappa shape index (κ1) is 12.3. The highest BCUT2D eigenvalue weighted by Crippen LogP contribution is 2.29. The van der Waals surface area contributed by atoms with E-state index in [-0.39, 0.29) is 16.9 Å². The standard InChI is InChI=1S/C11H13N3O4/c1-6(15)7-4-9-10(5-8(7)14(17)18)13(3)11(16)12(9)2/h4-6,15H,1-3H3. The number of hydrogen-bond donors (Lipinski definition) is 1. The van der Waals surface area contributed by atoms with Gasteiger partial charge in [-0.25, -0.2) is 4.79 Å². The molecule has 0 fully saturated rings. The van der Waals surface area contributed by atoms with Crippen molar-refractivity contribution in [3.05, 3.63) is 38.3 Å². The Morgan fingerprint density at radius 2 is 1.78 bits per heavy atom. The van der Waals surface area contributed by atoms with Crippen LogP contribution in [0.2, 0.25) is 0 Å². The molecule has 0 bridgehead atoms. The molecule has 1 heterocycles. The Bertz CT molecular complexity index is 696. The number of nitro groups is 1. The van der Waals surface area contributed by atoms with Crippen LogP contribution in [-0.2, 0) is 14.1 Å². The van der Waals surface area contributed by atoms with Crippen LogP contribution in [0.15, 0.2) is 16.9 Å². The maximum atomic E-state index is 11.7. The number of nitro benzene ring substituents is 1. The van der Waals surface area contributed by atoms with Crippen LogP contribution in [0.25, 0.3) is 11.0 Å². The molecule has 0 saturated carbocycles. The van der Waals surface area contributed by atoms with Gasteiger partial charge in [-0.15, -0.1) is 0 Å². The van der Waals surface area contributed by atoms with E-state index in [2.05, 4.69) is 0 Å². The lowest BCUT2D eigenvalue weighted by Crippen LogP contribution is -2.19. The lowest BCUT2D eigenvalue weighted by Gasteiger charge is -2.06. The summed E-state index contributed by atoms with van der Waals surface area (Å²) in [4.78, 5) is 22.2. The Labute approximate surface area is 102 Å². The minimum absolute atomic E-state index is 0.182. The normalized spacial score (nSPS) is 12.9. The molecule has 7 heteroatoms. The number of fused-ring (bicyclic) bond motifs is 1. The fraction of sp³-hybridized carbons (Fsp3) is 0.364. The van der Waals surface area contributed by atoms with Gasteiger partial charge in [0.2, 0.25) is 0 Å². The molecule has 1 unspecified atom stereocenters. The number of benzene rings is 1. The lowest BCUT2D eigenvalue weighted by atomic mass is 10.1. The molecule has 1 aromatic carbocycles. The molecule has 0 aliphatic heterocycles. The summed E-state index contributed by atoms with van der Waals surface area (Å²) >= 11 is 0. The van der Waals surface area contributed by atoms with Gasteiger partial charge in [0.1, 0.15) is 0 Å². The molecule has 1 aromatic heterocycles. The SMILES string of the molecule is CC(O)c1cc2c(cc1[N+](=O)[O-])n(C)c(=O)n2C. The number of aliphatic hydroxyl groups is 1. The molecule has 2 rings (SSSR count). The monoisotopic (exact) mass is 251 g/mol. The number of hydrogen-bond acceptors (Lipinski definition) is 4. The summed E-state index contributed by atoms with van der Waals surface area (Å²) in [6.45, 7) is 1.45. The van der Waals surface area contributed by atoms with Gasteiger partial charge < -0.3 is 5.11 Å². The van der Waals surface area contributed by atoms with Gasteiger partial charge in [-0.3, -0.25) is 19.2 Å². The second-order valence-corrected chi connectivity index (χ2v) is 4.23. The Kier molecular flexibility index (Phi) is 2.70. The molecule has 1 N–H and O–H groups in total. The molecule has 0 saturated heterocycles. The smallest absolute Gasteiger partial charge is 0.328 e. The number of aryl methyl sites for hydroxylation is 2. The predicted molar refractivity (Wildman–Crippen MR) is 65.4 cm³/mol. The lowest BCUT2D eigenvalue weighted by molar-refractivity contribution is -0.386.